The van der Waals surface area contributed by atoms with E-state index in [4.69, 9.17) is 0 Å². The second kappa shape index (κ2) is 4.08. The fraction of sp³-hybridized carbons (Fsp3) is 0.364. The third kappa shape index (κ3) is 1.72. The lowest BCUT2D eigenvalue weighted by molar-refractivity contribution is 0.925. The van der Waals surface area contributed by atoms with Gasteiger partial charge in [-0.25, -0.2) is 4.99 Å². The van der Waals surface area contributed by atoms with Crippen LogP contribution < -0.4 is 0 Å². The van der Waals surface area contributed by atoms with Crippen molar-refractivity contribution in [1.29, 1.82) is 0 Å². The van der Waals surface area contributed by atoms with Crippen LogP contribution >= 0.6 is 0 Å². The quantitative estimate of drug-likeness (QED) is 0.629. The van der Waals surface area contributed by atoms with Crippen LogP contribution in [-0.2, 0) is 7.05 Å². The Hall–Kier alpha value is -1.31. The molecule has 1 aromatic heterocycles. The van der Waals surface area contributed by atoms with Gasteiger partial charge < -0.3 is 4.57 Å². The molecule has 1 rings (SSSR count). The zero-order chi connectivity index (χ0) is 9.84. The number of nitrogens with zero attached hydrogens (tertiary/aromatic N) is 2. The Balaban J connectivity index is 3.21. The van der Waals surface area contributed by atoms with Crippen LogP contribution in [0.1, 0.15) is 25.8 Å². The molecule has 0 atom stereocenters. The summed E-state index contributed by atoms with van der Waals surface area (Å²) in [6, 6.07) is 2.09. The van der Waals surface area contributed by atoms with Crippen molar-refractivity contribution in [3.8, 4) is 0 Å². The van der Waals surface area contributed by atoms with Crippen molar-refractivity contribution in [3.05, 3.63) is 23.9 Å². The summed E-state index contributed by atoms with van der Waals surface area (Å²) < 4.78 is 1.99. The molecule has 0 amide bonds. The number of allylic oxidation sites excluding steroid dienone is 2. The predicted octanol–water partition coefficient (Wildman–Crippen LogP) is 3.17. The maximum atomic E-state index is 4.02. The summed E-state index contributed by atoms with van der Waals surface area (Å²) in [5.41, 5.74) is 2.52. The molecule has 2 heteroatoms. The van der Waals surface area contributed by atoms with Crippen molar-refractivity contribution in [3.63, 3.8) is 0 Å². The van der Waals surface area contributed by atoms with Gasteiger partial charge in [0.05, 0.1) is 0 Å². The van der Waals surface area contributed by atoms with Gasteiger partial charge in [-0.2, -0.15) is 0 Å². The van der Waals surface area contributed by atoms with E-state index in [0.29, 0.717) is 0 Å². The molecule has 1 aromatic rings. The van der Waals surface area contributed by atoms with Crippen molar-refractivity contribution < 1.29 is 0 Å². The van der Waals surface area contributed by atoms with Crippen LogP contribution in [0, 0.1) is 0 Å². The monoisotopic (exact) mass is 176 g/mol. The molecular formula is C11H16N2. The molecular weight excluding hydrogens is 160 g/mol. The average Bonchev–Trinajstić information content (AvgIpc) is 2.50. The van der Waals surface area contributed by atoms with Gasteiger partial charge >= 0.3 is 0 Å². The highest BCUT2D eigenvalue weighted by atomic mass is 15.0. The first kappa shape index (κ1) is 9.78. The number of hydrogen-bond acceptors (Lipinski definition) is 1. The van der Waals surface area contributed by atoms with E-state index in [1.165, 1.54) is 11.1 Å². The van der Waals surface area contributed by atoms with Gasteiger partial charge in [0.15, 0.2) is 0 Å². The normalized spacial score (nSPS) is 11.8. The highest BCUT2D eigenvalue weighted by Gasteiger charge is 2.07. The van der Waals surface area contributed by atoms with Gasteiger partial charge in [0.25, 0.3) is 0 Å². The lowest BCUT2D eigenvalue weighted by atomic mass is 10.1. The second-order valence-electron chi connectivity index (χ2n) is 2.99. The largest absolute Gasteiger partial charge is 0.336 e. The first-order valence-electron chi connectivity index (χ1n) is 4.52. The van der Waals surface area contributed by atoms with Gasteiger partial charge in [0.1, 0.15) is 5.82 Å². The van der Waals surface area contributed by atoms with E-state index in [2.05, 4.69) is 37.7 Å². The minimum atomic E-state index is 0.954. The van der Waals surface area contributed by atoms with Gasteiger partial charge in [0, 0.05) is 18.8 Å². The summed E-state index contributed by atoms with van der Waals surface area (Å²) in [5.74, 6) is 0.954. The molecule has 0 aromatic carbocycles. The molecule has 0 aliphatic heterocycles. The summed E-state index contributed by atoms with van der Waals surface area (Å²) in [6.07, 6.45) is 5.17. The molecule has 0 saturated carbocycles. The number of aromatic nitrogens is 1. The molecule has 0 unspecified atom stereocenters. The summed E-state index contributed by atoms with van der Waals surface area (Å²) in [6.45, 7) is 7.78. The Morgan fingerprint density at radius 3 is 2.85 bits per heavy atom. The fourth-order valence-electron chi connectivity index (χ4n) is 1.52. The van der Waals surface area contributed by atoms with Crippen molar-refractivity contribution in [2.75, 3.05) is 0 Å². The van der Waals surface area contributed by atoms with E-state index in [1.807, 2.05) is 17.8 Å². The number of rotatable bonds is 3. The molecule has 70 valence electrons. The number of aryl methyl sites for hydroxylation is 1. The predicted molar refractivity (Wildman–Crippen MR) is 58.6 cm³/mol. The molecule has 0 spiro atoms. The van der Waals surface area contributed by atoms with E-state index >= 15 is 0 Å². The summed E-state index contributed by atoms with van der Waals surface area (Å²) in [7, 11) is 1.98. The smallest absolute Gasteiger partial charge is 0.139 e. The van der Waals surface area contributed by atoms with Crippen molar-refractivity contribution in [1.82, 2.24) is 4.57 Å². The van der Waals surface area contributed by atoms with Crippen LogP contribution in [0.3, 0.4) is 0 Å². The Morgan fingerprint density at radius 2 is 2.38 bits per heavy atom. The van der Waals surface area contributed by atoms with Crippen molar-refractivity contribution in [2.45, 2.75) is 20.3 Å². The second-order valence-corrected chi connectivity index (χ2v) is 2.99. The van der Waals surface area contributed by atoms with E-state index in [9.17, 15) is 0 Å². The highest BCUT2D eigenvalue weighted by molar-refractivity contribution is 5.74. The first-order chi connectivity index (χ1) is 6.24. The SMILES string of the molecule is C=Nc1c(/C(=C\C)CC)ccn1C. The molecule has 1 heterocycles. The van der Waals surface area contributed by atoms with E-state index in [1.54, 1.807) is 0 Å². The minimum absolute atomic E-state index is 0.954. The lowest BCUT2D eigenvalue weighted by Crippen LogP contribution is -1.85. The molecule has 2 nitrogen and oxygen atoms in total. The van der Waals surface area contributed by atoms with Crippen LogP contribution in [0.2, 0.25) is 0 Å². The molecule has 0 N–H and O–H groups in total. The Bertz CT molecular complexity index is 332. The Kier molecular flexibility index (Phi) is 3.07. The van der Waals surface area contributed by atoms with E-state index in [-0.39, 0.29) is 0 Å². The van der Waals surface area contributed by atoms with Crippen molar-refractivity contribution in [2.24, 2.45) is 12.0 Å². The zero-order valence-electron chi connectivity index (χ0n) is 8.54. The molecule has 0 saturated heterocycles. The number of hydrogen-bond donors (Lipinski definition) is 0. The van der Waals surface area contributed by atoms with Crippen molar-refractivity contribution >= 4 is 18.1 Å². The molecule has 0 fully saturated rings. The molecule has 0 radical (unpaired) electrons. The third-order valence-electron chi connectivity index (χ3n) is 2.26. The summed E-state index contributed by atoms with van der Waals surface area (Å²) in [4.78, 5) is 4.02. The first-order valence-corrected chi connectivity index (χ1v) is 4.52. The Labute approximate surface area is 79.6 Å². The number of aliphatic imine (C=N–C) groups is 1. The van der Waals surface area contributed by atoms with Gasteiger partial charge in [-0.05, 0) is 31.7 Å². The maximum absolute atomic E-state index is 4.02. The van der Waals surface area contributed by atoms with Gasteiger partial charge in [-0.15, -0.1) is 0 Å². The average molecular weight is 176 g/mol. The summed E-state index contributed by atoms with van der Waals surface area (Å²) >= 11 is 0. The Morgan fingerprint density at radius 1 is 1.69 bits per heavy atom. The highest BCUT2D eigenvalue weighted by Crippen LogP contribution is 2.28. The van der Waals surface area contributed by atoms with Gasteiger partial charge in [-0.3, -0.25) is 0 Å². The van der Waals surface area contributed by atoms with Crippen LogP contribution in [0.4, 0.5) is 5.82 Å². The van der Waals surface area contributed by atoms with E-state index < -0.39 is 0 Å². The standard InChI is InChI=1S/C11H16N2/c1-5-9(6-2)10-7-8-13(4)11(10)12-3/h5,7-8H,3,6H2,1-2,4H3/b9-5-. The van der Waals surface area contributed by atoms with Crippen LogP contribution in [0.15, 0.2) is 23.3 Å². The van der Waals surface area contributed by atoms with Crippen LogP contribution in [0.25, 0.3) is 5.57 Å². The zero-order valence-corrected chi connectivity index (χ0v) is 8.54. The third-order valence-corrected chi connectivity index (χ3v) is 2.26. The van der Waals surface area contributed by atoms with Crippen LogP contribution in [0.5, 0.6) is 0 Å². The molecule has 13 heavy (non-hydrogen) atoms. The maximum Gasteiger partial charge on any atom is 0.139 e. The molecule has 0 bridgehead atoms. The fourth-order valence-corrected chi connectivity index (χ4v) is 1.52. The molecule has 0 aliphatic rings. The van der Waals surface area contributed by atoms with Gasteiger partial charge in [0.2, 0.25) is 0 Å². The van der Waals surface area contributed by atoms with Gasteiger partial charge in [-0.1, -0.05) is 13.0 Å². The molecule has 0 aliphatic carbocycles. The topological polar surface area (TPSA) is 17.3 Å². The lowest BCUT2D eigenvalue weighted by Gasteiger charge is -2.03. The van der Waals surface area contributed by atoms with E-state index in [0.717, 1.165) is 12.2 Å². The summed E-state index contributed by atoms with van der Waals surface area (Å²) in [5, 5.41) is 0. The van der Waals surface area contributed by atoms with Crippen LogP contribution in [-0.4, -0.2) is 11.3 Å². The minimum Gasteiger partial charge on any atom is -0.336 e.